The van der Waals surface area contributed by atoms with Crippen LogP contribution in [-0.2, 0) is 11.3 Å². The molecule has 20 heavy (non-hydrogen) atoms. The number of carbonyl (C=O) groups is 1. The molecule has 1 aliphatic rings. The molecule has 0 bridgehead atoms. The quantitative estimate of drug-likeness (QED) is 0.677. The summed E-state index contributed by atoms with van der Waals surface area (Å²) in [5, 5.41) is 6.05. The van der Waals surface area contributed by atoms with Gasteiger partial charge in [0.2, 0.25) is 5.91 Å². The molecule has 1 fully saturated rings. The van der Waals surface area contributed by atoms with Crippen LogP contribution >= 0.6 is 28.3 Å². The van der Waals surface area contributed by atoms with Gasteiger partial charge in [-0.3, -0.25) is 19.1 Å². The normalized spacial score (nSPS) is 18.1. The molecule has 1 atom stereocenters. The summed E-state index contributed by atoms with van der Waals surface area (Å²) in [6.07, 6.45) is 3.28. The second-order valence-electron chi connectivity index (χ2n) is 4.48. The standard InChI is InChI=1S/C11H15BrN4O3.ClH/c12-8-5-16(11(19)15-10(8)18)6-9(17)14-7-2-1-3-13-4-7;/h5,7,13H,1-4,6H2,(H,14,17)(H,15,18,19);1H. The lowest BCUT2D eigenvalue weighted by atomic mass is 10.1. The van der Waals surface area contributed by atoms with Gasteiger partial charge in [0.1, 0.15) is 6.54 Å². The van der Waals surface area contributed by atoms with E-state index in [1.165, 1.54) is 6.20 Å². The molecule has 1 unspecified atom stereocenters. The SMILES string of the molecule is Cl.O=C(Cn1cc(Br)c(=O)[nH]c1=O)NC1CCCNC1. The van der Waals surface area contributed by atoms with Gasteiger partial charge < -0.3 is 10.6 Å². The van der Waals surface area contributed by atoms with Crippen molar-refractivity contribution in [2.24, 2.45) is 0 Å². The van der Waals surface area contributed by atoms with Gasteiger partial charge in [0.05, 0.1) is 4.47 Å². The van der Waals surface area contributed by atoms with E-state index in [4.69, 9.17) is 0 Å². The number of H-pyrrole nitrogens is 1. The lowest BCUT2D eigenvalue weighted by Gasteiger charge is -2.23. The fourth-order valence-electron chi connectivity index (χ4n) is 2.00. The van der Waals surface area contributed by atoms with Crippen molar-refractivity contribution in [3.8, 4) is 0 Å². The fourth-order valence-corrected chi connectivity index (χ4v) is 2.35. The number of hydrogen-bond acceptors (Lipinski definition) is 4. The number of hydrogen-bond donors (Lipinski definition) is 3. The van der Waals surface area contributed by atoms with Gasteiger partial charge in [-0.05, 0) is 35.3 Å². The lowest BCUT2D eigenvalue weighted by Crippen LogP contribution is -2.47. The summed E-state index contributed by atoms with van der Waals surface area (Å²) in [6.45, 7) is 1.61. The molecule has 2 heterocycles. The van der Waals surface area contributed by atoms with Crippen LogP contribution in [0.3, 0.4) is 0 Å². The number of aromatic amines is 1. The van der Waals surface area contributed by atoms with Crippen LogP contribution in [0.5, 0.6) is 0 Å². The van der Waals surface area contributed by atoms with E-state index >= 15 is 0 Å². The van der Waals surface area contributed by atoms with E-state index in [2.05, 4.69) is 31.5 Å². The van der Waals surface area contributed by atoms with Crippen LogP contribution in [0.2, 0.25) is 0 Å². The van der Waals surface area contributed by atoms with E-state index in [0.717, 1.165) is 30.5 Å². The number of nitrogens with one attached hydrogen (secondary N) is 3. The van der Waals surface area contributed by atoms with Crippen molar-refractivity contribution >= 4 is 34.2 Å². The zero-order valence-electron chi connectivity index (χ0n) is 10.6. The molecule has 0 radical (unpaired) electrons. The smallest absolute Gasteiger partial charge is 0.328 e. The summed E-state index contributed by atoms with van der Waals surface area (Å²) >= 11 is 3.02. The maximum Gasteiger partial charge on any atom is 0.328 e. The van der Waals surface area contributed by atoms with Crippen LogP contribution < -0.4 is 21.9 Å². The first kappa shape index (κ1) is 16.9. The maximum absolute atomic E-state index is 11.8. The molecule has 1 aromatic heterocycles. The van der Waals surface area contributed by atoms with Gasteiger partial charge in [-0.25, -0.2) is 4.79 Å². The van der Waals surface area contributed by atoms with E-state index in [0.29, 0.717) is 0 Å². The van der Waals surface area contributed by atoms with Gasteiger partial charge >= 0.3 is 5.69 Å². The third kappa shape index (κ3) is 4.46. The Morgan fingerprint density at radius 3 is 2.90 bits per heavy atom. The Balaban J connectivity index is 0.00000200. The second kappa shape index (κ2) is 7.61. The Bertz CT molecular complexity index is 580. The van der Waals surface area contributed by atoms with E-state index in [1.54, 1.807) is 0 Å². The van der Waals surface area contributed by atoms with Crippen molar-refractivity contribution in [3.05, 3.63) is 31.5 Å². The number of piperidine rings is 1. The summed E-state index contributed by atoms with van der Waals surface area (Å²) < 4.78 is 1.39. The summed E-state index contributed by atoms with van der Waals surface area (Å²) in [4.78, 5) is 36.6. The molecule has 0 spiro atoms. The molecular formula is C11H16BrClN4O3. The molecule has 0 aromatic carbocycles. The van der Waals surface area contributed by atoms with E-state index in [-0.39, 0.29) is 35.4 Å². The van der Waals surface area contributed by atoms with Crippen LogP contribution in [0.15, 0.2) is 20.3 Å². The average Bonchev–Trinajstić information content (AvgIpc) is 2.37. The second-order valence-corrected chi connectivity index (χ2v) is 5.33. The molecule has 7 nitrogen and oxygen atoms in total. The van der Waals surface area contributed by atoms with Crippen LogP contribution in [0.25, 0.3) is 0 Å². The number of rotatable bonds is 3. The number of halogens is 2. The highest BCUT2D eigenvalue weighted by molar-refractivity contribution is 9.10. The highest BCUT2D eigenvalue weighted by atomic mass is 79.9. The third-order valence-electron chi connectivity index (χ3n) is 2.94. The van der Waals surface area contributed by atoms with Gasteiger partial charge in [-0.1, -0.05) is 0 Å². The van der Waals surface area contributed by atoms with Crippen molar-refractivity contribution in [1.82, 2.24) is 20.2 Å². The molecule has 1 aromatic rings. The molecule has 0 saturated carbocycles. The zero-order valence-corrected chi connectivity index (χ0v) is 13.1. The Kier molecular flexibility index (Phi) is 6.44. The predicted molar refractivity (Wildman–Crippen MR) is 80.3 cm³/mol. The average molecular weight is 368 g/mol. The van der Waals surface area contributed by atoms with E-state index in [9.17, 15) is 14.4 Å². The monoisotopic (exact) mass is 366 g/mol. The van der Waals surface area contributed by atoms with Gasteiger partial charge in [0, 0.05) is 18.8 Å². The van der Waals surface area contributed by atoms with E-state index in [1.807, 2.05) is 0 Å². The zero-order chi connectivity index (χ0) is 13.8. The summed E-state index contributed by atoms with van der Waals surface area (Å²) in [7, 11) is 0. The van der Waals surface area contributed by atoms with Crippen molar-refractivity contribution < 1.29 is 4.79 Å². The van der Waals surface area contributed by atoms with Crippen LogP contribution in [0, 0.1) is 0 Å². The minimum Gasteiger partial charge on any atom is -0.351 e. The first-order valence-corrected chi connectivity index (χ1v) is 6.85. The first-order chi connectivity index (χ1) is 9.06. The Hall–Kier alpha value is -1.12. The van der Waals surface area contributed by atoms with E-state index < -0.39 is 11.2 Å². The lowest BCUT2D eigenvalue weighted by molar-refractivity contribution is -0.122. The molecule has 2 rings (SSSR count). The molecule has 3 N–H and O–H groups in total. The Labute approximate surface area is 129 Å². The van der Waals surface area contributed by atoms with Crippen molar-refractivity contribution in [1.29, 1.82) is 0 Å². The van der Waals surface area contributed by atoms with Gasteiger partial charge in [-0.2, -0.15) is 0 Å². The summed E-state index contributed by atoms with van der Waals surface area (Å²) in [5.41, 5.74) is -1.09. The number of amides is 1. The van der Waals surface area contributed by atoms with Crippen LogP contribution in [-0.4, -0.2) is 34.6 Å². The van der Waals surface area contributed by atoms with Gasteiger partial charge in [-0.15, -0.1) is 12.4 Å². The fraction of sp³-hybridized carbons (Fsp3) is 0.545. The van der Waals surface area contributed by atoms with Crippen LogP contribution in [0.1, 0.15) is 12.8 Å². The highest BCUT2D eigenvalue weighted by Gasteiger charge is 2.15. The maximum atomic E-state index is 11.8. The van der Waals surface area contributed by atoms with Crippen LogP contribution in [0.4, 0.5) is 0 Å². The third-order valence-corrected chi connectivity index (χ3v) is 3.51. The van der Waals surface area contributed by atoms with Crippen molar-refractivity contribution in [2.75, 3.05) is 13.1 Å². The molecule has 1 amide bonds. The minimum atomic E-state index is -0.592. The first-order valence-electron chi connectivity index (χ1n) is 6.05. The van der Waals surface area contributed by atoms with Gasteiger partial charge in [0.15, 0.2) is 0 Å². The molecule has 0 aliphatic carbocycles. The molecule has 9 heteroatoms. The minimum absolute atomic E-state index is 0. The number of carbonyl (C=O) groups excluding carboxylic acids is 1. The Morgan fingerprint density at radius 1 is 1.50 bits per heavy atom. The predicted octanol–water partition coefficient (Wildman–Crippen LogP) is -0.411. The highest BCUT2D eigenvalue weighted by Crippen LogP contribution is 2.01. The molecule has 1 aliphatic heterocycles. The summed E-state index contributed by atoms with van der Waals surface area (Å²) in [5.74, 6) is -0.241. The molecule has 1 saturated heterocycles. The molecule has 112 valence electrons. The Morgan fingerprint density at radius 2 is 2.25 bits per heavy atom. The van der Waals surface area contributed by atoms with Crippen molar-refractivity contribution in [2.45, 2.75) is 25.4 Å². The molecular weight excluding hydrogens is 352 g/mol. The largest absolute Gasteiger partial charge is 0.351 e. The van der Waals surface area contributed by atoms with Gasteiger partial charge in [0.25, 0.3) is 5.56 Å². The summed E-state index contributed by atoms with van der Waals surface area (Å²) in [6, 6.07) is 0.100. The van der Waals surface area contributed by atoms with Crippen molar-refractivity contribution in [3.63, 3.8) is 0 Å². The number of aromatic nitrogens is 2. The topological polar surface area (TPSA) is 96.0 Å². The number of nitrogens with zero attached hydrogens (tertiary/aromatic N) is 1.